The minimum atomic E-state index is -1.14. The SMILES string of the molecule is CC[C@H](C)[C@@H]([C@@H](CC(=O)N1CCC[C@H]1[C@H](OC)[C@@H](C)C(=O)N[C@@H](Cc1ccccc1)C(=O)O)OC)N(C)C(=O)[C@H](NC(=O)C(C(C)C)N(C)C)[C@H](C)N. The Balaban J connectivity index is 2.27. The van der Waals surface area contributed by atoms with E-state index in [-0.39, 0.29) is 42.4 Å². The van der Waals surface area contributed by atoms with Crippen LogP contribution in [0.2, 0.25) is 0 Å². The van der Waals surface area contributed by atoms with E-state index in [1.165, 1.54) is 14.2 Å². The van der Waals surface area contributed by atoms with Gasteiger partial charge < -0.3 is 40.7 Å². The number of ether oxygens (including phenoxy) is 2. The standard InChI is InChI=1S/C39H66N6O8/c1-12-24(4)34(44(9)38(49)32(26(6)40)42-37(48)33(23(2)3)43(7)8)30(52-10)22-31(46)45-20-16-19-29(45)35(53-11)25(5)36(47)41-28(39(50)51)21-27-17-14-13-15-18-27/h13-15,17-18,23-26,28-30,32-35H,12,16,19-22,40H2,1-11H3,(H,41,47)(H,42,48)(H,50,51)/t24-,25+,26-,28-,29-,30+,32+,33?,34-,35+/m0/s1. The van der Waals surface area contributed by atoms with E-state index in [0.29, 0.717) is 25.8 Å². The van der Waals surface area contributed by atoms with Crippen molar-refractivity contribution in [3.8, 4) is 0 Å². The summed E-state index contributed by atoms with van der Waals surface area (Å²) in [6.45, 7) is 11.7. The highest BCUT2D eigenvalue weighted by molar-refractivity contribution is 5.90. The maximum absolute atomic E-state index is 14.1. The van der Waals surface area contributed by atoms with Crippen molar-refractivity contribution in [1.29, 1.82) is 0 Å². The first-order chi connectivity index (χ1) is 24.9. The zero-order valence-corrected chi connectivity index (χ0v) is 33.7. The van der Waals surface area contributed by atoms with Crippen LogP contribution in [-0.4, -0.2) is 140 Å². The molecule has 0 saturated carbocycles. The highest BCUT2D eigenvalue weighted by Gasteiger charge is 2.43. The Morgan fingerprint density at radius 2 is 1.58 bits per heavy atom. The van der Waals surface area contributed by atoms with Crippen LogP contribution < -0.4 is 16.4 Å². The van der Waals surface area contributed by atoms with Gasteiger partial charge in [-0.15, -0.1) is 0 Å². The molecular weight excluding hydrogens is 680 g/mol. The molecule has 14 nitrogen and oxygen atoms in total. The molecule has 1 aromatic carbocycles. The molecule has 2 rings (SSSR count). The van der Waals surface area contributed by atoms with Crippen LogP contribution in [-0.2, 0) is 39.9 Å². The Bertz CT molecular complexity index is 1340. The Hall–Kier alpha value is -3.59. The van der Waals surface area contributed by atoms with Crippen LogP contribution in [0.3, 0.4) is 0 Å². The average molecular weight is 747 g/mol. The second-order valence-corrected chi connectivity index (χ2v) is 15.2. The highest BCUT2D eigenvalue weighted by atomic mass is 16.5. The summed E-state index contributed by atoms with van der Waals surface area (Å²) in [5.41, 5.74) is 7.08. The van der Waals surface area contributed by atoms with Gasteiger partial charge in [0.15, 0.2) is 0 Å². The largest absolute Gasteiger partial charge is 0.480 e. The lowest BCUT2D eigenvalue weighted by atomic mass is 9.89. The minimum Gasteiger partial charge on any atom is -0.480 e. The maximum atomic E-state index is 14.1. The second-order valence-electron chi connectivity index (χ2n) is 15.2. The fraction of sp³-hybridized carbons (Fsp3) is 0.718. The van der Waals surface area contributed by atoms with Gasteiger partial charge in [0.2, 0.25) is 23.6 Å². The molecule has 1 heterocycles. The number of methoxy groups -OCH3 is 2. The molecule has 1 fully saturated rings. The summed E-state index contributed by atoms with van der Waals surface area (Å²) in [7, 11) is 8.29. The number of likely N-dealkylation sites (N-methyl/N-ethyl adjacent to an activating group) is 2. The second kappa shape index (κ2) is 21.3. The van der Waals surface area contributed by atoms with Gasteiger partial charge in [-0.05, 0) is 51.3 Å². The summed E-state index contributed by atoms with van der Waals surface area (Å²) >= 11 is 0. The van der Waals surface area contributed by atoms with Crippen molar-refractivity contribution in [2.24, 2.45) is 23.5 Å². The van der Waals surface area contributed by atoms with E-state index >= 15 is 0 Å². The van der Waals surface area contributed by atoms with E-state index in [4.69, 9.17) is 15.2 Å². The molecule has 0 radical (unpaired) electrons. The smallest absolute Gasteiger partial charge is 0.326 e. The Morgan fingerprint density at radius 3 is 2.08 bits per heavy atom. The number of aliphatic carboxylic acids is 1. The van der Waals surface area contributed by atoms with Crippen molar-refractivity contribution in [3.63, 3.8) is 0 Å². The molecular formula is C39H66N6O8. The summed E-state index contributed by atoms with van der Waals surface area (Å²) in [6, 6.07) is 4.82. The van der Waals surface area contributed by atoms with Gasteiger partial charge in [0.05, 0.1) is 42.7 Å². The van der Waals surface area contributed by atoms with E-state index in [1.54, 1.807) is 30.7 Å². The van der Waals surface area contributed by atoms with Crippen molar-refractivity contribution >= 4 is 29.6 Å². The number of carbonyl (C=O) groups is 5. The maximum Gasteiger partial charge on any atom is 0.326 e. The number of carbonyl (C=O) groups excluding carboxylic acids is 4. The minimum absolute atomic E-state index is 0.00547. The van der Waals surface area contributed by atoms with Gasteiger partial charge in [0, 0.05) is 40.3 Å². The van der Waals surface area contributed by atoms with Gasteiger partial charge in [-0.1, -0.05) is 71.4 Å². The normalized spacial score (nSPS) is 19.7. The molecule has 0 aromatic heterocycles. The molecule has 0 bridgehead atoms. The van der Waals surface area contributed by atoms with E-state index in [2.05, 4.69) is 10.6 Å². The zero-order chi connectivity index (χ0) is 40.2. The van der Waals surface area contributed by atoms with Crippen molar-refractivity contribution < 1.29 is 38.6 Å². The molecule has 1 aliphatic heterocycles. The molecule has 14 heteroatoms. The number of hydrogen-bond donors (Lipinski definition) is 4. The van der Waals surface area contributed by atoms with E-state index in [1.807, 2.05) is 77.0 Å². The molecule has 1 aromatic rings. The highest BCUT2D eigenvalue weighted by Crippen LogP contribution is 2.29. The lowest BCUT2D eigenvalue weighted by molar-refractivity contribution is -0.148. The fourth-order valence-electron chi connectivity index (χ4n) is 7.67. The summed E-state index contributed by atoms with van der Waals surface area (Å²) in [5, 5.41) is 15.4. The van der Waals surface area contributed by atoms with E-state index in [0.717, 1.165) is 5.56 Å². The van der Waals surface area contributed by atoms with Gasteiger partial charge in [-0.3, -0.25) is 24.1 Å². The number of nitrogens with zero attached hydrogens (tertiary/aromatic N) is 3. The predicted molar refractivity (Wildman–Crippen MR) is 204 cm³/mol. The van der Waals surface area contributed by atoms with Gasteiger partial charge in [0.1, 0.15) is 12.1 Å². The third kappa shape index (κ3) is 12.2. The van der Waals surface area contributed by atoms with Crippen LogP contribution in [0.5, 0.6) is 0 Å². The monoisotopic (exact) mass is 746 g/mol. The number of benzene rings is 1. The summed E-state index contributed by atoms with van der Waals surface area (Å²) < 4.78 is 11.8. The molecule has 4 amide bonds. The zero-order valence-electron chi connectivity index (χ0n) is 33.7. The van der Waals surface area contributed by atoms with E-state index < -0.39 is 66.3 Å². The number of carboxylic acid groups (broad SMARTS) is 1. The van der Waals surface area contributed by atoms with Crippen molar-refractivity contribution in [1.82, 2.24) is 25.3 Å². The molecule has 1 aliphatic rings. The fourth-order valence-corrected chi connectivity index (χ4v) is 7.67. The van der Waals surface area contributed by atoms with Gasteiger partial charge >= 0.3 is 5.97 Å². The Labute approximate surface area is 316 Å². The topological polar surface area (TPSA) is 184 Å². The first kappa shape index (κ1) is 45.6. The molecule has 1 unspecified atom stereocenters. The quantitative estimate of drug-likeness (QED) is 0.145. The first-order valence-electron chi connectivity index (χ1n) is 18.8. The number of carboxylic acids is 1. The predicted octanol–water partition coefficient (Wildman–Crippen LogP) is 2.14. The van der Waals surface area contributed by atoms with Gasteiger partial charge in [0.25, 0.3) is 0 Å². The van der Waals surface area contributed by atoms with Crippen LogP contribution in [0.4, 0.5) is 0 Å². The van der Waals surface area contributed by atoms with Gasteiger partial charge in [-0.2, -0.15) is 0 Å². The van der Waals surface area contributed by atoms with Crippen LogP contribution >= 0.6 is 0 Å². The first-order valence-corrected chi connectivity index (χ1v) is 18.8. The molecule has 300 valence electrons. The van der Waals surface area contributed by atoms with E-state index in [9.17, 15) is 29.1 Å². The third-order valence-corrected chi connectivity index (χ3v) is 10.7. The van der Waals surface area contributed by atoms with Gasteiger partial charge in [-0.25, -0.2) is 4.79 Å². The number of hydrogen-bond acceptors (Lipinski definition) is 9. The molecule has 0 aliphatic carbocycles. The molecule has 10 atom stereocenters. The Morgan fingerprint density at radius 1 is 0.962 bits per heavy atom. The van der Waals surface area contributed by atoms with Crippen LogP contribution in [0.15, 0.2) is 30.3 Å². The number of rotatable bonds is 21. The number of likely N-dealkylation sites (tertiary alicyclic amines) is 1. The summed E-state index contributed by atoms with van der Waals surface area (Å²) in [5.74, 6) is -3.36. The number of nitrogens with one attached hydrogen (secondary N) is 2. The third-order valence-electron chi connectivity index (χ3n) is 10.7. The lowest BCUT2D eigenvalue weighted by Gasteiger charge is -2.41. The lowest BCUT2D eigenvalue weighted by Crippen LogP contribution is -2.62. The molecule has 53 heavy (non-hydrogen) atoms. The van der Waals surface area contributed by atoms with Crippen molar-refractivity contribution in [2.45, 2.75) is 122 Å². The summed E-state index contributed by atoms with van der Waals surface area (Å²) in [6.07, 6.45) is 0.668. The van der Waals surface area contributed by atoms with Crippen LogP contribution in [0.1, 0.15) is 72.8 Å². The number of amides is 4. The van der Waals surface area contributed by atoms with Crippen molar-refractivity contribution in [2.75, 3.05) is 41.9 Å². The average Bonchev–Trinajstić information content (AvgIpc) is 3.59. The molecule has 5 N–H and O–H groups in total. The summed E-state index contributed by atoms with van der Waals surface area (Å²) in [4.78, 5) is 72.2. The number of nitrogens with two attached hydrogens (primary N) is 1. The molecule has 1 saturated heterocycles. The van der Waals surface area contributed by atoms with Crippen LogP contribution in [0, 0.1) is 17.8 Å². The molecule has 0 spiro atoms. The van der Waals surface area contributed by atoms with Crippen LogP contribution in [0.25, 0.3) is 0 Å². The van der Waals surface area contributed by atoms with Crippen molar-refractivity contribution in [3.05, 3.63) is 35.9 Å². The Kier molecular flexibility index (Phi) is 18.3.